The first-order valence-electron chi connectivity index (χ1n) is 8.07. The number of rotatable bonds is 5. The number of aromatic nitrogens is 3. The summed E-state index contributed by atoms with van der Waals surface area (Å²) >= 11 is 1.63. The molecule has 8 heteroatoms. The number of anilines is 1. The fourth-order valence-corrected chi connectivity index (χ4v) is 3.62. The van der Waals surface area contributed by atoms with Crippen molar-refractivity contribution in [3.8, 4) is 5.88 Å². The van der Waals surface area contributed by atoms with Gasteiger partial charge in [-0.05, 0) is 24.4 Å². The number of pyridine rings is 1. The van der Waals surface area contributed by atoms with E-state index in [1.54, 1.807) is 29.8 Å². The SMILES string of the molecule is CCOc1ccc(C(=O)NC2CN(c3ncnc4ccsc34)C2)cn1. The summed E-state index contributed by atoms with van der Waals surface area (Å²) in [7, 11) is 0. The lowest BCUT2D eigenvalue weighted by atomic mass is 10.1. The van der Waals surface area contributed by atoms with Gasteiger partial charge in [0.1, 0.15) is 12.1 Å². The lowest BCUT2D eigenvalue weighted by Crippen LogP contribution is -2.59. The summed E-state index contributed by atoms with van der Waals surface area (Å²) < 4.78 is 6.37. The van der Waals surface area contributed by atoms with Gasteiger partial charge in [0.2, 0.25) is 5.88 Å². The molecule has 3 aromatic rings. The fourth-order valence-electron chi connectivity index (χ4n) is 2.76. The highest BCUT2D eigenvalue weighted by Gasteiger charge is 2.30. The number of carbonyl (C=O) groups is 1. The molecule has 0 spiro atoms. The average molecular weight is 355 g/mol. The van der Waals surface area contributed by atoms with E-state index >= 15 is 0 Å². The molecule has 1 aliphatic rings. The number of thiophene rings is 1. The Balaban J connectivity index is 1.36. The zero-order valence-corrected chi connectivity index (χ0v) is 14.5. The van der Waals surface area contributed by atoms with Crippen LogP contribution in [0, 0.1) is 0 Å². The Kier molecular flexibility index (Phi) is 4.19. The van der Waals surface area contributed by atoms with Crippen LogP contribution in [0.4, 0.5) is 5.82 Å². The standard InChI is InChI=1S/C17H17N5O2S/c1-2-24-14-4-3-11(7-18-14)17(23)21-12-8-22(9-12)16-15-13(5-6-25-15)19-10-20-16/h3-7,10,12H,2,8-9H2,1H3,(H,21,23). The van der Waals surface area contributed by atoms with Gasteiger partial charge in [-0.15, -0.1) is 11.3 Å². The predicted octanol–water partition coefficient (Wildman–Crippen LogP) is 2.10. The molecule has 3 aromatic heterocycles. The predicted molar refractivity (Wildman–Crippen MR) is 96.3 cm³/mol. The Labute approximate surface area is 148 Å². The number of nitrogens with zero attached hydrogens (tertiary/aromatic N) is 4. The Morgan fingerprint density at radius 2 is 2.20 bits per heavy atom. The van der Waals surface area contributed by atoms with Crippen LogP contribution in [0.25, 0.3) is 10.2 Å². The van der Waals surface area contributed by atoms with Gasteiger partial charge in [0.05, 0.1) is 28.4 Å². The van der Waals surface area contributed by atoms with Crippen molar-refractivity contribution >= 4 is 33.3 Å². The smallest absolute Gasteiger partial charge is 0.253 e. The maximum absolute atomic E-state index is 12.3. The van der Waals surface area contributed by atoms with Crippen LogP contribution < -0.4 is 15.0 Å². The molecule has 0 atom stereocenters. The molecule has 0 radical (unpaired) electrons. The average Bonchev–Trinajstić information content (AvgIpc) is 3.07. The summed E-state index contributed by atoms with van der Waals surface area (Å²) in [6.45, 7) is 3.92. The fraction of sp³-hybridized carbons (Fsp3) is 0.294. The van der Waals surface area contributed by atoms with Crippen molar-refractivity contribution in [3.63, 3.8) is 0 Å². The second-order valence-electron chi connectivity index (χ2n) is 5.73. The van der Waals surface area contributed by atoms with E-state index in [1.165, 1.54) is 6.20 Å². The third kappa shape index (κ3) is 3.12. The van der Waals surface area contributed by atoms with Crippen molar-refractivity contribution in [2.45, 2.75) is 13.0 Å². The van der Waals surface area contributed by atoms with Crippen LogP contribution >= 0.6 is 11.3 Å². The summed E-state index contributed by atoms with van der Waals surface area (Å²) in [4.78, 5) is 27.2. The van der Waals surface area contributed by atoms with Crippen molar-refractivity contribution in [1.82, 2.24) is 20.3 Å². The van der Waals surface area contributed by atoms with E-state index in [0.717, 1.165) is 29.1 Å². The number of amides is 1. The maximum atomic E-state index is 12.3. The van der Waals surface area contributed by atoms with Crippen molar-refractivity contribution < 1.29 is 9.53 Å². The molecule has 4 rings (SSSR count). The molecule has 0 unspecified atom stereocenters. The number of hydrogen-bond acceptors (Lipinski definition) is 7. The van der Waals surface area contributed by atoms with Crippen LogP contribution in [0.1, 0.15) is 17.3 Å². The first kappa shape index (κ1) is 15.8. The normalized spacial score (nSPS) is 14.4. The molecule has 1 fully saturated rings. The van der Waals surface area contributed by atoms with Gasteiger partial charge in [-0.1, -0.05) is 0 Å². The highest BCUT2D eigenvalue weighted by atomic mass is 32.1. The third-order valence-electron chi connectivity index (χ3n) is 4.03. The molecular weight excluding hydrogens is 338 g/mol. The highest BCUT2D eigenvalue weighted by molar-refractivity contribution is 7.17. The topological polar surface area (TPSA) is 80.2 Å². The Hall–Kier alpha value is -2.74. The summed E-state index contributed by atoms with van der Waals surface area (Å²) in [6.07, 6.45) is 3.12. The minimum atomic E-state index is -0.121. The Morgan fingerprint density at radius 3 is 2.96 bits per heavy atom. The van der Waals surface area contributed by atoms with E-state index in [-0.39, 0.29) is 11.9 Å². The van der Waals surface area contributed by atoms with Crippen LogP contribution in [-0.4, -0.2) is 46.6 Å². The van der Waals surface area contributed by atoms with Gasteiger partial charge in [0.25, 0.3) is 5.91 Å². The third-order valence-corrected chi connectivity index (χ3v) is 4.93. The number of hydrogen-bond donors (Lipinski definition) is 1. The molecule has 1 aliphatic heterocycles. The van der Waals surface area contributed by atoms with Crippen molar-refractivity contribution in [1.29, 1.82) is 0 Å². The van der Waals surface area contributed by atoms with Gasteiger partial charge >= 0.3 is 0 Å². The van der Waals surface area contributed by atoms with Crippen LogP contribution in [0.15, 0.2) is 36.1 Å². The zero-order valence-electron chi connectivity index (χ0n) is 13.7. The van der Waals surface area contributed by atoms with Crippen LogP contribution in [0.5, 0.6) is 5.88 Å². The van der Waals surface area contributed by atoms with Gasteiger partial charge in [-0.2, -0.15) is 0 Å². The summed E-state index contributed by atoms with van der Waals surface area (Å²) in [5.74, 6) is 1.34. The molecule has 0 aliphatic carbocycles. The van der Waals surface area contributed by atoms with Crippen molar-refractivity contribution in [2.75, 3.05) is 24.6 Å². The molecule has 7 nitrogen and oxygen atoms in total. The van der Waals surface area contributed by atoms with Crippen molar-refractivity contribution in [2.24, 2.45) is 0 Å². The van der Waals surface area contributed by atoms with Crippen LogP contribution in [0.2, 0.25) is 0 Å². The molecule has 1 saturated heterocycles. The van der Waals surface area contributed by atoms with Gasteiger partial charge in [0.15, 0.2) is 0 Å². The maximum Gasteiger partial charge on any atom is 0.253 e. The lowest BCUT2D eigenvalue weighted by Gasteiger charge is -2.40. The zero-order chi connectivity index (χ0) is 17.2. The quantitative estimate of drug-likeness (QED) is 0.755. The molecule has 0 saturated carbocycles. The molecule has 1 N–H and O–H groups in total. The number of ether oxygens (including phenoxy) is 1. The second kappa shape index (κ2) is 6.64. The monoisotopic (exact) mass is 355 g/mol. The van der Waals surface area contributed by atoms with E-state index in [1.807, 2.05) is 18.4 Å². The molecule has 4 heterocycles. The second-order valence-corrected chi connectivity index (χ2v) is 6.64. The van der Waals surface area contributed by atoms with E-state index in [0.29, 0.717) is 18.1 Å². The number of carbonyl (C=O) groups excluding carboxylic acids is 1. The molecule has 25 heavy (non-hydrogen) atoms. The molecule has 0 aromatic carbocycles. The molecule has 0 bridgehead atoms. The van der Waals surface area contributed by atoms with E-state index in [2.05, 4.69) is 25.2 Å². The largest absolute Gasteiger partial charge is 0.478 e. The first-order chi connectivity index (χ1) is 12.2. The Morgan fingerprint density at radius 1 is 1.32 bits per heavy atom. The summed E-state index contributed by atoms with van der Waals surface area (Å²) in [5.41, 5.74) is 1.49. The minimum Gasteiger partial charge on any atom is -0.478 e. The van der Waals surface area contributed by atoms with Crippen LogP contribution in [0.3, 0.4) is 0 Å². The van der Waals surface area contributed by atoms with Gasteiger partial charge < -0.3 is 15.0 Å². The van der Waals surface area contributed by atoms with Gasteiger partial charge in [-0.3, -0.25) is 4.79 Å². The lowest BCUT2D eigenvalue weighted by molar-refractivity contribution is 0.0929. The number of nitrogens with one attached hydrogen (secondary N) is 1. The van der Waals surface area contributed by atoms with Gasteiger partial charge in [0, 0.05) is 25.4 Å². The summed E-state index contributed by atoms with van der Waals surface area (Å²) in [5, 5.41) is 5.04. The number of fused-ring (bicyclic) bond motifs is 1. The molecule has 1 amide bonds. The minimum absolute atomic E-state index is 0.101. The first-order valence-corrected chi connectivity index (χ1v) is 8.95. The van der Waals surface area contributed by atoms with Crippen LogP contribution in [-0.2, 0) is 0 Å². The van der Waals surface area contributed by atoms with E-state index in [9.17, 15) is 4.79 Å². The highest BCUT2D eigenvalue weighted by Crippen LogP contribution is 2.30. The van der Waals surface area contributed by atoms with Crippen molar-refractivity contribution in [3.05, 3.63) is 41.7 Å². The molecule has 128 valence electrons. The summed E-state index contributed by atoms with van der Waals surface area (Å²) in [6, 6.07) is 5.52. The molecular formula is C17H17N5O2S. The Bertz CT molecular complexity index is 889. The van der Waals surface area contributed by atoms with E-state index < -0.39 is 0 Å². The van der Waals surface area contributed by atoms with Gasteiger partial charge in [-0.25, -0.2) is 15.0 Å². The van der Waals surface area contributed by atoms with E-state index in [4.69, 9.17) is 4.74 Å².